The average molecular weight is 292 g/mol. The second kappa shape index (κ2) is 7.24. The second-order valence-electron chi connectivity index (χ2n) is 5.89. The minimum Gasteiger partial charge on any atom is -0.370 e. The van der Waals surface area contributed by atoms with Gasteiger partial charge in [0.25, 0.3) is 5.69 Å². The molecular formula is C15H24N4O2. The normalized spacial score (nSPS) is 21.8. The number of aromatic nitrogens is 1. The highest BCUT2D eigenvalue weighted by molar-refractivity contribution is 5.54. The Morgan fingerprint density at radius 3 is 2.43 bits per heavy atom. The minimum atomic E-state index is -0.379. The zero-order valence-corrected chi connectivity index (χ0v) is 12.8. The SMILES string of the molecule is CCNc1cc([N+](=O)[O-])cc(NCC2CCC(C)CC2)n1. The molecule has 1 fully saturated rings. The molecule has 21 heavy (non-hydrogen) atoms. The Morgan fingerprint density at radius 1 is 1.24 bits per heavy atom. The zero-order chi connectivity index (χ0) is 15.2. The Hall–Kier alpha value is -1.85. The first-order chi connectivity index (χ1) is 10.1. The standard InChI is InChI=1S/C15H24N4O2/c1-3-16-14-8-13(19(20)21)9-15(18-14)17-10-12-6-4-11(2)5-7-12/h8-9,11-12H,3-7,10H2,1-2H3,(H2,16,17,18). The van der Waals surface area contributed by atoms with E-state index in [1.807, 2.05) is 6.92 Å². The van der Waals surface area contributed by atoms with Gasteiger partial charge in [0.2, 0.25) is 0 Å². The number of nitrogens with zero attached hydrogens (tertiary/aromatic N) is 2. The minimum absolute atomic E-state index is 0.0701. The average Bonchev–Trinajstić information content (AvgIpc) is 2.47. The molecule has 1 aromatic rings. The van der Waals surface area contributed by atoms with Crippen LogP contribution in [0.4, 0.5) is 17.3 Å². The molecule has 0 radical (unpaired) electrons. The zero-order valence-electron chi connectivity index (χ0n) is 12.8. The van der Waals surface area contributed by atoms with E-state index in [4.69, 9.17) is 0 Å². The van der Waals surface area contributed by atoms with E-state index in [1.54, 1.807) is 0 Å². The maximum Gasteiger partial charge on any atom is 0.276 e. The van der Waals surface area contributed by atoms with Crippen molar-refractivity contribution >= 4 is 17.3 Å². The third kappa shape index (κ3) is 4.58. The van der Waals surface area contributed by atoms with Crippen LogP contribution in [0.1, 0.15) is 39.5 Å². The fourth-order valence-electron chi connectivity index (χ4n) is 2.77. The maximum absolute atomic E-state index is 11.0. The van der Waals surface area contributed by atoms with Crippen molar-refractivity contribution in [2.45, 2.75) is 39.5 Å². The summed E-state index contributed by atoms with van der Waals surface area (Å²) in [5.74, 6) is 2.60. The summed E-state index contributed by atoms with van der Waals surface area (Å²) in [4.78, 5) is 15.0. The van der Waals surface area contributed by atoms with E-state index < -0.39 is 0 Å². The van der Waals surface area contributed by atoms with Gasteiger partial charge in [-0.25, -0.2) is 4.98 Å². The summed E-state index contributed by atoms with van der Waals surface area (Å²) < 4.78 is 0. The van der Waals surface area contributed by atoms with Crippen LogP contribution >= 0.6 is 0 Å². The maximum atomic E-state index is 11.0. The van der Waals surface area contributed by atoms with Crippen molar-refractivity contribution in [2.75, 3.05) is 23.7 Å². The van der Waals surface area contributed by atoms with Crippen molar-refractivity contribution in [1.29, 1.82) is 0 Å². The topological polar surface area (TPSA) is 80.1 Å². The number of nitrogens with one attached hydrogen (secondary N) is 2. The van der Waals surface area contributed by atoms with Crippen LogP contribution in [0.5, 0.6) is 0 Å². The molecule has 0 atom stereocenters. The molecule has 1 saturated carbocycles. The predicted molar refractivity (Wildman–Crippen MR) is 84.7 cm³/mol. The van der Waals surface area contributed by atoms with E-state index >= 15 is 0 Å². The van der Waals surface area contributed by atoms with E-state index in [1.165, 1.54) is 37.8 Å². The molecule has 116 valence electrons. The van der Waals surface area contributed by atoms with Crippen LogP contribution in [0.15, 0.2) is 12.1 Å². The highest BCUT2D eigenvalue weighted by Crippen LogP contribution is 2.28. The summed E-state index contributed by atoms with van der Waals surface area (Å²) in [5, 5.41) is 17.3. The highest BCUT2D eigenvalue weighted by Gasteiger charge is 2.18. The molecule has 0 bridgehead atoms. The van der Waals surface area contributed by atoms with E-state index in [9.17, 15) is 10.1 Å². The Morgan fingerprint density at radius 2 is 1.86 bits per heavy atom. The number of rotatable bonds is 6. The monoisotopic (exact) mass is 292 g/mol. The molecule has 0 aliphatic heterocycles. The Balaban J connectivity index is 1.99. The molecule has 1 aromatic heterocycles. The lowest BCUT2D eigenvalue weighted by Crippen LogP contribution is -2.20. The first-order valence-electron chi connectivity index (χ1n) is 7.72. The van der Waals surface area contributed by atoms with Crippen LogP contribution in [0.25, 0.3) is 0 Å². The van der Waals surface area contributed by atoms with Gasteiger partial charge in [-0.2, -0.15) is 0 Å². The molecule has 2 rings (SSSR count). The van der Waals surface area contributed by atoms with Gasteiger partial charge in [0, 0.05) is 13.1 Å². The molecule has 0 saturated heterocycles. The van der Waals surface area contributed by atoms with Crippen molar-refractivity contribution in [3.8, 4) is 0 Å². The van der Waals surface area contributed by atoms with E-state index in [0.29, 0.717) is 24.1 Å². The molecule has 6 nitrogen and oxygen atoms in total. The number of pyridine rings is 1. The Kier molecular flexibility index (Phi) is 5.36. The lowest BCUT2D eigenvalue weighted by Gasteiger charge is -2.26. The van der Waals surface area contributed by atoms with Gasteiger partial charge in [-0.3, -0.25) is 10.1 Å². The fraction of sp³-hybridized carbons (Fsp3) is 0.667. The molecule has 1 heterocycles. The van der Waals surface area contributed by atoms with Crippen LogP contribution in [0, 0.1) is 22.0 Å². The molecular weight excluding hydrogens is 268 g/mol. The van der Waals surface area contributed by atoms with Crippen LogP contribution in [0.2, 0.25) is 0 Å². The summed E-state index contributed by atoms with van der Waals surface area (Å²) >= 11 is 0. The number of hydrogen-bond donors (Lipinski definition) is 2. The van der Waals surface area contributed by atoms with Gasteiger partial charge < -0.3 is 10.6 Å². The van der Waals surface area contributed by atoms with Crippen LogP contribution < -0.4 is 10.6 Å². The Bertz CT molecular complexity index is 485. The predicted octanol–water partition coefficient (Wildman–Crippen LogP) is 3.66. The summed E-state index contributed by atoms with van der Waals surface area (Å²) in [6.45, 7) is 5.77. The third-order valence-electron chi connectivity index (χ3n) is 4.09. The molecule has 0 unspecified atom stereocenters. The van der Waals surface area contributed by atoms with Crippen LogP contribution in [0.3, 0.4) is 0 Å². The number of anilines is 2. The molecule has 6 heteroatoms. The van der Waals surface area contributed by atoms with Crippen molar-refractivity contribution in [3.63, 3.8) is 0 Å². The summed E-state index contributed by atoms with van der Waals surface area (Å²) in [6.07, 6.45) is 5.00. The van der Waals surface area contributed by atoms with Crippen molar-refractivity contribution in [3.05, 3.63) is 22.2 Å². The van der Waals surface area contributed by atoms with Gasteiger partial charge >= 0.3 is 0 Å². The van der Waals surface area contributed by atoms with Gasteiger partial charge in [-0.1, -0.05) is 19.8 Å². The molecule has 0 aromatic carbocycles. The van der Waals surface area contributed by atoms with Crippen molar-refractivity contribution < 1.29 is 4.92 Å². The summed E-state index contributed by atoms with van der Waals surface area (Å²) in [7, 11) is 0. The lowest BCUT2D eigenvalue weighted by atomic mass is 9.83. The van der Waals surface area contributed by atoms with Gasteiger partial charge in [-0.05, 0) is 31.6 Å². The molecule has 2 N–H and O–H groups in total. The second-order valence-corrected chi connectivity index (χ2v) is 5.89. The number of nitro groups is 1. The third-order valence-corrected chi connectivity index (χ3v) is 4.09. The van der Waals surface area contributed by atoms with Gasteiger partial charge in [-0.15, -0.1) is 0 Å². The van der Waals surface area contributed by atoms with E-state index in [2.05, 4.69) is 22.5 Å². The smallest absolute Gasteiger partial charge is 0.276 e. The van der Waals surface area contributed by atoms with E-state index in [-0.39, 0.29) is 10.6 Å². The molecule has 0 amide bonds. The fourth-order valence-corrected chi connectivity index (χ4v) is 2.77. The first kappa shape index (κ1) is 15.5. The van der Waals surface area contributed by atoms with Gasteiger partial charge in [0.15, 0.2) is 0 Å². The highest BCUT2D eigenvalue weighted by atomic mass is 16.6. The summed E-state index contributed by atoms with van der Waals surface area (Å²) in [6, 6.07) is 2.98. The molecule has 1 aliphatic rings. The Labute approximate surface area is 125 Å². The van der Waals surface area contributed by atoms with Crippen LogP contribution in [-0.2, 0) is 0 Å². The van der Waals surface area contributed by atoms with Crippen molar-refractivity contribution in [1.82, 2.24) is 4.98 Å². The number of hydrogen-bond acceptors (Lipinski definition) is 5. The largest absolute Gasteiger partial charge is 0.370 e. The first-order valence-corrected chi connectivity index (χ1v) is 7.72. The molecule has 1 aliphatic carbocycles. The van der Waals surface area contributed by atoms with Gasteiger partial charge in [0.1, 0.15) is 11.6 Å². The van der Waals surface area contributed by atoms with E-state index in [0.717, 1.165) is 12.5 Å². The van der Waals surface area contributed by atoms with Crippen molar-refractivity contribution in [2.24, 2.45) is 11.8 Å². The van der Waals surface area contributed by atoms with Crippen LogP contribution in [-0.4, -0.2) is 23.0 Å². The molecule has 0 spiro atoms. The lowest BCUT2D eigenvalue weighted by molar-refractivity contribution is -0.384. The van der Waals surface area contributed by atoms with Gasteiger partial charge in [0.05, 0.1) is 17.1 Å². The summed E-state index contributed by atoms with van der Waals surface area (Å²) in [5.41, 5.74) is 0.0701. The quantitative estimate of drug-likeness (QED) is 0.618.